The van der Waals surface area contributed by atoms with Crippen LogP contribution in [0, 0.1) is 3.57 Å². The average Bonchev–Trinajstić information content (AvgIpc) is 3.01. The molecule has 3 rings (SSSR count). The first kappa shape index (κ1) is 24.0. The zero-order valence-corrected chi connectivity index (χ0v) is 21.9. The highest BCUT2D eigenvalue weighted by atomic mass is 127. The second kappa shape index (κ2) is 10.8. The number of carbonyl (C=O) groups excluding carboxylic acids is 2. The number of benzene rings is 2. The second-order valence-electron chi connectivity index (χ2n) is 6.12. The van der Waals surface area contributed by atoms with Crippen molar-refractivity contribution in [3.05, 3.63) is 54.9 Å². The highest BCUT2D eigenvalue weighted by Gasteiger charge is 2.33. The number of hydrogen-bond acceptors (Lipinski definition) is 7. The van der Waals surface area contributed by atoms with Gasteiger partial charge in [0.1, 0.15) is 0 Å². The van der Waals surface area contributed by atoms with E-state index in [1.165, 1.54) is 23.8 Å². The lowest BCUT2D eigenvalue weighted by atomic mass is 10.1. The fraction of sp³-hybridized carbons (Fsp3) is 0.190. The van der Waals surface area contributed by atoms with E-state index < -0.39 is 5.97 Å². The van der Waals surface area contributed by atoms with Gasteiger partial charge in [-0.25, -0.2) is 4.79 Å². The van der Waals surface area contributed by atoms with Crippen LogP contribution in [0.1, 0.15) is 12.5 Å². The molecule has 0 unspecified atom stereocenters. The van der Waals surface area contributed by atoms with Gasteiger partial charge in [-0.2, -0.15) is 0 Å². The molecule has 0 atom stereocenters. The molecule has 1 aliphatic heterocycles. The van der Waals surface area contributed by atoms with Crippen molar-refractivity contribution in [1.29, 1.82) is 0 Å². The molecule has 0 spiro atoms. The summed E-state index contributed by atoms with van der Waals surface area (Å²) in [6.45, 7) is 2.05. The first-order valence-electron chi connectivity index (χ1n) is 9.03. The quantitative estimate of drug-likeness (QED) is 0.175. The Balaban J connectivity index is 1.90. The van der Waals surface area contributed by atoms with Gasteiger partial charge in [-0.1, -0.05) is 39.9 Å². The Morgan fingerprint density at radius 1 is 1.26 bits per heavy atom. The van der Waals surface area contributed by atoms with Crippen molar-refractivity contribution < 1.29 is 23.8 Å². The number of esters is 1. The number of nitrogens with zero attached hydrogens (tertiary/aromatic N) is 1. The fourth-order valence-corrected chi connectivity index (χ4v) is 5.04. The number of thiocarbonyl (C=S) groups is 1. The van der Waals surface area contributed by atoms with Crippen molar-refractivity contribution in [3.8, 4) is 11.5 Å². The van der Waals surface area contributed by atoms with Gasteiger partial charge in [-0.15, -0.1) is 0 Å². The van der Waals surface area contributed by atoms with Crippen molar-refractivity contribution in [2.75, 3.05) is 25.2 Å². The lowest BCUT2D eigenvalue weighted by Gasteiger charge is -2.15. The molecule has 0 radical (unpaired) electrons. The minimum Gasteiger partial charge on any atom is -0.490 e. The summed E-state index contributed by atoms with van der Waals surface area (Å²) in [5.41, 5.74) is 1.47. The number of thioether (sulfide) groups is 1. The molecule has 1 amide bonds. The van der Waals surface area contributed by atoms with Crippen LogP contribution in [-0.4, -0.2) is 36.5 Å². The Hall–Kier alpha value is -1.63. The van der Waals surface area contributed by atoms with Crippen molar-refractivity contribution in [2.24, 2.45) is 0 Å². The highest BCUT2D eigenvalue weighted by Crippen LogP contribution is 2.39. The van der Waals surface area contributed by atoms with Gasteiger partial charge in [-0.05, 0) is 77.6 Å². The molecule has 0 saturated carbocycles. The van der Waals surface area contributed by atoms with Crippen LogP contribution in [0.2, 0.25) is 0 Å². The predicted molar refractivity (Wildman–Crippen MR) is 138 cm³/mol. The molecule has 1 saturated heterocycles. The van der Waals surface area contributed by atoms with Gasteiger partial charge in [0, 0.05) is 4.47 Å². The summed E-state index contributed by atoms with van der Waals surface area (Å²) in [4.78, 5) is 26.5. The summed E-state index contributed by atoms with van der Waals surface area (Å²) in [5, 5.41) is 0. The number of halogens is 2. The molecule has 1 aliphatic rings. The molecule has 0 aromatic heterocycles. The summed E-state index contributed by atoms with van der Waals surface area (Å²) in [6, 6.07) is 11.0. The van der Waals surface area contributed by atoms with E-state index in [1.54, 1.807) is 12.1 Å². The number of rotatable bonds is 7. The molecule has 1 fully saturated rings. The molecule has 0 N–H and O–H groups in total. The highest BCUT2D eigenvalue weighted by molar-refractivity contribution is 14.1. The number of anilines is 1. The maximum atomic E-state index is 13.0. The first-order valence-corrected chi connectivity index (χ1v) is 12.1. The number of ether oxygens (including phenoxy) is 3. The topological polar surface area (TPSA) is 65.1 Å². The van der Waals surface area contributed by atoms with Crippen molar-refractivity contribution in [3.63, 3.8) is 0 Å². The molecule has 0 aliphatic carbocycles. The molecular formula is C21H17BrINO5S2. The third kappa shape index (κ3) is 5.79. The van der Waals surface area contributed by atoms with E-state index >= 15 is 0 Å². The SMILES string of the molecule is CCOc1cc(/C=C2/SC(=S)N(c3ccc(Br)cc3)C2=O)cc(I)c1OCC(=O)OC. The van der Waals surface area contributed by atoms with Gasteiger partial charge in [0.15, 0.2) is 22.4 Å². The Morgan fingerprint density at radius 3 is 2.61 bits per heavy atom. The van der Waals surface area contributed by atoms with E-state index in [9.17, 15) is 9.59 Å². The summed E-state index contributed by atoms with van der Waals surface area (Å²) >= 11 is 12.2. The van der Waals surface area contributed by atoms with E-state index in [0.717, 1.165) is 13.6 Å². The summed E-state index contributed by atoms with van der Waals surface area (Å²) in [5.74, 6) is 0.260. The summed E-state index contributed by atoms with van der Waals surface area (Å²) in [7, 11) is 1.30. The minimum absolute atomic E-state index is 0.184. The number of methoxy groups -OCH3 is 1. The molecule has 10 heteroatoms. The van der Waals surface area contributed by atoms with Gasteiger partial charge in [-0.3, -0.25) is 9.69 Å². The summed E-state index contributed by atoms with van der Waals surface area (Å²) < 4.78 is 18.0. The first-order chi connectivity index (χ1) is 14.8. The zero-order chi connectivity index (χ0) is 22.5. The summed E-state index contributed by atoms with van der Waals surface area (Å²) in [6.07, 6.45) is 1.77. The Kier molecular flexibility index (Phi) is 8.36. The molecule has 6 nitrogen and oxygen atoms in total. The van der Waals surface area contributed by atoms with Crippen LogP contribution in [0.15, 0.2) is 45.8 Å². The second-order valence-corrected chi connectivity index (χ2v) is 9.87. The maximum absolute atomic E-state index is 13.0. The van der Waals surface area contributed by atoms with Crippen LogP contribution < -0.4 is 14.4 Å². The third-order valence-corrected chi connectivity index (χ3v) is 6.70. The minimum atomic E-state index is -0.487. The Morgan fingerprint density at radius 2 is 1.97 bits per heavy atom. The molecular weight excluding hydrogens is 617 g/mol. The smallest absolute Gasteiger partial charge is 0.343 e. The monoisotopic (exact) mass is 633 g/mol. The van der Waals surface area contributed by atoms with Gasteiger partial charge >= 0.3 is 5.97 Å². The molecule has 0 bridgehead atoms. The van der Waals surface area contributed by atoms with Crippen LogP contribution >= 0.6 is 62.5 Å². The van der Waals surface area contributed by atoms with Gasteiger partial charge in [0.05, 0.1) is 27.9 Å². The normalized spacial score (nSPS) is 14.8. The maximum Gasteiger partial charge on any atom is 0.343 e. The van der Waals surface area contributed by atoms with E-state index in [1.807, 2.05) is 37.3 Å². The Labute approximate surface area is 211 Å². The van der Waals surface area contributed by atoms with E-state index in [0.29, 0.717) is 33.0 Å². The number of hydrogen-bond donors (Lipinski definition) is 0. The lowest BCUT2D eigenvalue weighted by molar-refractivity contribution is -0.142. The van der Waals surface area contributed by atoms with Crippen molar-refractivity contribution in [1.82, 2.24) is 0 Å². The Bertz CT molecular complexity index is 1060. The van der Waals surface area contributed by atoms with Crippen LogP contribution in [0.4, 0.5) is 5.69 Å². The largest absolute Gasteiger partial charge is 0.490 e. The number of amides is 1. The number of carbonyl (C=O) groups is 2. The molecule has 31 heavy (non-hydrogen) atoms. The fourth-order valence-electron chi connectivity index (χ4n) is 2.70. The lowest BCUT2D eigenvalue weighted by Crippen LogP contribution is -2.27. The predicted octanol–water partition coefficient (Wildman–Crippen LogP) is 5.41. The zero-order valence-electron chi connectivity index (χ0n) is 16.5. The van der Waals surface area contributed by atoms with Gasteiger partial charge in [0.2, 0.25) is 0 Å². The molecule has 2 aromatic carbocycles. The van der Waals surface area contributed by atoms with Crippen molar-refractivity contribution in [2.45, 2.75) is 6.92 Å². The van der Waals surface area contributed by atoms with Crippen LogP contribution in [0.3, 0.4) is 0 Å². The van der Waals surface area contributed by atoms with E-state index in [-0.39, 0.29) is 12.5 Å². The van der Waals surface area contributed by atoms with Gasteiger partial charge in [0.25, 0.3) is 5.91 Å². The van der Waals surface area contributed by atoms with Crippen LogP contribution in [-0.2, 0) is 14.3 Å². The molecule has 1 heterocycles. The van der Waals surface area contributed by atoms with Crippen LogP contribution in [0.5, 0.6) is 11.5 Å². The molecule has 162 valence electrons. The third-order valence-electron chi connectivity index (χ3n) is 4.07. The average molecular weight is 634 g/mol. The van der Waals surface area contributed by atoms with E-state index in [4.69, 9.17) is 21.7 Å². The standard InChI is InChI=1S/C21H17BrINO5S2/c1-3-28-16-9-12(8-15(23)19(16)29-11-18(25)27-2)10-17-20(26)24(21(30)31-17)14-6-4-13(22)5-7-14/h4-10H,3,11H2,1-2H3/b17-10+. The van der Waals surface area contributed by atoms with E-state index in [2.05, 4.69) is 43.3 Å². The van der Waals surface area contributed by atoms with Gasteiger partial charge < -0.3 is 14.2 Å². The molecule has 2 aromatic rings. The van der Waals surface area contributed by atoms with Crippen molar-refractivity contribution >= 4 is 90.5 Å². The van der Waals surface area contributed by atoms with Crippen LogP contribution in [0.25, 0.3) is 6.08 Å².